The van der Waals surface area contributed by atoms with Gasteiger partial charge >= 0.3 is 6.03 Å². The van der Waals surface area contributed by atoms with Crippen molar-refractivity contribution in [3.63, 3.8) is 0 Å². The number of para-hydroxylation sites is 1. The number of nitrogens with two attached hydrogens (primary N) is 1. The lowest BCUT2D eigenvalue weighted by molar-refractivity contribution is 0.252. The van der Waals surface area contributed by atoms with Gasteiger partial charge < -0.3 is 20.9 Å². The molecule has 0 aliphatic rings. The van der Waals surface area contributed by atoms with E-state index >= 15 is 0 Å². The second kappa shape index (κ2) is 10.7. The van der Waals surface area contributed by atoms with Gasteiger partial charge in [-0.25, -0.2) is 14.8 Å². The molecule has 176 valence electrons. The number of aryl methyl sites for hydroxylation is 2. The van der Waals surface area contributed by atoms with Crippen molar-refractivity contribution >= 4 is 55.4 Å². The van der Waals surface area contributed by atoms with E-state index in [1.165, 1.54) is 0 Å². The highest BCUT2D eigenvalue weighted by Gasteiger charge is 2.16. The summed E-state index contributed by atoms with van der Waals surface area (Å²) in [5.41, 5.74) is 9.76. The molecular weight excluding hydrogens is 480 g/mol. The van der Waals surface area contributed by atoms with Gasteiger partial charge in [0.2, 0.25) is 0 Å². The maximum atomic E-state index is 12.2. The van der Waals surface area contributed by atoms with Gasteiger partial charge in [0.05, 0.1) is 11.0 Å². The number of anilines is 2. The lowest BCUT2D eigenvalue weighted by Crippen LogP contribution is -2.29. The van der Waals surface area contributed by atoms with Crippen LogP contribution < -0.4 is 16.4 Å². The Balaban J connectivity index is 0.00000216. The summed E-state index contributed by atoms with van der Waals surface area (Å²) in [4.78, 5) is 21.6. The van der Waals surface area contributed by atoms with Gasteiger partial charge in [0.15, 0.2) is 5.82 Å². The predicted molar refractivity (Wildman–Crippen MR) is 143 cm³/mol. The van der Waals surface area contributed by atoms with Gasteiger partial charge in [0.25, 0.3) is 0 Å². The number of nitrogens with zero attached hydrogens (tertiary/aromatic N) is 3. The van der Waals surface area contributed by atoms with E-state index in [1.807, 2.05) is 42.5 Å². The molecule has 4 aromatic rings. The maximum Gasteiger partial charge on any atom is 0.319 e. The summed E-state index contributed by atoms with van der Waals surface area (Å²) in [5.74, 6) is 1.53. The van der Waals surface area contributed by atoms with E-state index in [0.717, 1.165) is 76.6 Å². The molecule has 2 aromatic carbocycles. The third-order valence-corrected chi connectivity index (χ3v) is 6.17. The van der Waals surface area contributed by atoms with E-state index in [1.54, 1.807) is 0 Å². The molecule has 8 heteroatoms. The molecule has 7 nitrogen and oxygen atoms in total. The minimum absolute atomic E-state index is 0. The smallest absolute Gasteiger partial charge is 0.319 e. The van der Waals surface area contributed by atoms with E-state index in [2.05, 4.69) is 49.1 Å². The number of imidazole rings is 1. The number of amides is 2. The summed E-state index contributed by atoms with van der Waals surface area (Å²) in [6.45, 7) is 3.60. The van der Waals surface area contributed by atoms with Crippen molar-refractivity contribution in [1.82, 2.24) is 19.9 Å². The third kappa shape index (κ3) is 5.45. The minimum Gasteiger partial charge on any atom is -0.382 e. The highest BCUT2D eigenvalue weighted by Crippen LogP contribution is 2.29. The number of hydrogen-bond acceptors (Lipinski definition) is 4. The average molecular weight is 513 g/mol. The highest BCUT2D eigenvalue weighted by atomic mass is 79.9. The molecule has 33 heavy (non-hydrogen) atoms. The Morgan fingerprint density at radius 2 is 1.88 bits per heavy atom. The second-order valence-electron chi connectivity index (χ2n) is 8.09. The van der Waals surface area contributed by atoms with Crippen LogP contribution in [0.1, 0.15) is 41.3 Å². The Hall–Kier alpha value is -3.13. The first kappa shape index (κ1) is 23.0. The van der Waals surface area contributed by atoms with Gasteiger partial charge in [0.1, 0.15) is 11.3 Å². The second-order valence-corrected chi connectivity index (χ2v) is 9.01. The van der Waals surface area contributed by atoms with Crippen molar-refractivity contribution in [2.75, 3.05) is 17.6 Å². The normalized spacial score (nSPS) is 11.2. The fraction of sp³-hybridized carbons (Fsp3) is 0.320. The van der Waals surface area contributed by atoms with Gasteiger partial charge in [-0.2, -0.15) is 0 Å². The summed E-state index contributed by atoms with van der Waals surface area (Å²) in [6, 6.07) is 15.4. The Kier molecular flexibility index (Phi) is 7.44. The van der Waals surface area contributed by atoms with Crippen LogP contribution in [0.25, 0.3) is 21.9 Å². The van der Waals surface area contributed by atoms with Gasteiger partial charge in [0, 0.05) is 37.9 Å². The van der Waals surface area contributed by atoms with Crippen LogP contribution in [-0.4, -0.2) is 27.1 Å². The number of nitrogens with one attached hydrogen (secondary N) is 2. The number of fused-ring (bicyclic) bond motifs is 3. The number of carbonyl (C=O) groups is 1. The standard InChI is InChI=1S/C25H29BrN6O.2H2/c1-2-3-10-21-31-22-23(19-8-4-5-9-20(19)30-24(22)27)32(21)16-7-6-15-28-25(33)29-18-13-11-17(26)12-14-18;;/h4-5,8-9,11-14H,2-3,6-7,10,15-16H2,1H3,(H2,27,30)(H2,28,29,33);2*1H. The molecule has 0 atom stereocenters. The number of pyridine rings is 1. The molecular formula is C25H33BrN6O. The first-order valence-corrected chi connectivity index (χ1v) is 12.2. The van der Waals surface area contributed by atoms with Crippen molar-refractivity contribution < 1.29 is 7.65 Å². The van der Waals surface area contributed by atoms with Crippen LogP contribution in [0, 0.1) is 0 Å². The number of urea groups is 1. The molecule has 0 saturated carbocycles. The van der Waals surface area contributed by atoms with E-state index < -0.39 is 0 Å². The summed E-state index contributed by atoms with van der Waals surface area (Å²) in [7, 11) is 0. The quantitative estimate of drug-likeness (QED) is 0.227. The molecule has 0 aliphatic carbocycles. The number of halogens is 1. The number of benzene rings is 2. The van der Waals surface area contributed by atoms with E-state index in [-0.39, 0.29) is 8.88 Å². The molecule has 4 rings (SSSR count). The summed E-state index contributed by atoms with van der Waals surface area (Å²) >= 11 is 3.39. The van der Waals surface area contributed by atoms with Crippen molar-refractivity contribution in [1.29, 1.82) is 0 Å². The van der Waals surface area contributed by atoms with E-state index in [0.29, 0.717) is 12.4 Å². The number of carbonyl (C=O) groups excluding carboxylic acids is 1. The number of rotatable bonds is 9. The zero-order chi connectivity index (χ0) is 23.2. The van der Waals surface area contributed by atoms with Gasteiger partial charge in [-0.15, -0.1) is 0 Å². The van der Waals surface area contributed by atoms with Crippen molar-refractivity contribution in [3.05, 3.63) is 58.8 Å². The van der Waals surface area contributed by atoms with Crippen LogP contribution in [-0.2, 0) is 13.0 Å². The molecule has 2 heterocycles. The first-order valence-electron chi connectivity index (χ1n) is 11.4. The largest absolute Gasteiger partial charge is 0.382 e. The highest BCUT2D eigenvalue weighted by molar-refractivity contribution is 9.10. The maximum absolute atomic E-state index is 12.2. The van der Waals surface area contributed by atoms with Crippen molar-refractivity contribution in [2.24, 2.45) is 0 Å². The lowest BCUT2D eigenvalue weighted by atomic mass is 10.2. The molecule has 0 fully saturated rings. The summed E-state index contributed by atoms with van der Waals surface area (Å²) < 4.78 is 3.27. The monoisotopic (exact) mass is 512 g/mol. The van der Waals surface area contributed by atoms with E-state index in [4.69, 9.17) is 10.7 Å². The Bertz CT molecular complexity index is 1260. The molecule has 0 unspecified atom stereocenters. The number of nitrogen functional groups attached to an aromatic ring is 1. The van der Waals surface area contributed by atoms with Crippen LogP contribution in [0.4, 0.5) is 16.3 Å². The van der Waals surface area contributed by atoms with Gasteiger partial charge in [-0.05, 0) is 49.6 Å². The predicted octanol–water partition coefficient (Wildman–Crippen LogP) is 6.37. The van der Waals surface area contributed by atoms with Crippen molar-refractivity contribution in [2.45, 2.75) is 45.6 Å². The summed E-state index contributed by atoms with van der Waals surface area (Å²) in [5, 5.41) is 6.86. The van der Waals surface area contributed by atoms with Gasteiger partial charge in [-0.3, -0.25) is 0 Å². The molecule has 0 bridgehead atoms. The number of aromatic nitrogens is 3. The van der Waals surface area contributed by atoms with Crippen LogP contribution in [0.15, 0.2) is 53.0 Å². The lowest BCUT2D eigenvalue weighted by Gasteiger charge is -2.12. The number of hydrogen-bond donors (Lipinski definition) is 3. The molecule has 0 spiro atoms. The summed E-state index contributed by atoms with van der Waals surface area (Å²) in [6.07, 6.45) is 4.87. The molecule has 0 saturated heterocycles. The molecule has 2 amide bonds. The van der Waals surface area contributed by atoms with Crippen LogP contribution in [0.5, 0.6) is 0 Å². The average Bonchev–Trinajstić information content (AvgIpc) is 3.18. The molecule has 4 N–H and O–H groups in total. The molecule has 2 aromatic heterocycles. The zero-order valence-corrected chi connectivity index (χ0v) is 20.4. The third-order valence-electron chi connectivity index (χ3n) is 5.64. The molecule has 0 aliphatic heterocycles. The Morgan fingerprint density at radius 3 is 2.67 bits per heavy atom. The Labute approximate surface area is 204 Å². The Morgan fingerprint density at radius 1 is 1.09 bits per heavy atom. The van der Waals surface area contributed by atoms with Gasteiger partial charge in [-0.1, -0.05) is 47.5 Å². The first-order chi connectivity index (χ1) is 16.1. The van der Waals surface area contributed by atoms with Crippen LogP contribution in [0.3, 0.4) is 0 Å². The number of unbranched alkanes of at least 4 members (excludes halogenated alkanes) is 2. The van der Waals surface area contributed by atoms with Crippen molar-refractivity contribution in [3.8, 4) is 0 Å². The molecule has 0 radical (unpaired) electrons. The zero-order valence-electron chi connectivity index (χ0n) is 18.8. The SMILES string of the molecule is CCCCc1nc2c(N)nc3ccccc3c2n1CCCCNC(=O)Nc1ccc(Br)cc1.[HH].[HH]. The fourth-order valence-corrected chi connectivity index (χ4v) is 4.24. The van der Waals surface area contributed by atoms with E-state index in [9.17, 15) is 4.79 Å². The minimum atomic E-state index is -0.195. The van der Waals surface area contributed by atoms with Crippen LogP contribution >= 0.6 is 15.9 Å². The fourth-order valence-electron chi connectivity index (χ4n) is 3.98. The topological polar surface area (TPSA) is 97.9 Å². The van der Waals surface area contributed by atoms with Crippen LogP contribution in [0.2, 0.25) is 0 Å².